The molecule has 0 radical (unpaired) electrons. The van der Waals surface area contributed by atoms with E-state index in [1.165, 1.54) is 24.4 Å². The van der Waals surface area contributed by atoms with Gasteiger partial charge in [-0.05, 0) is 53.9 Å². The smallest absolute Gasteiger partial charge is 0.248 e. The topological polar surface area (TPSA) is 82.3 Å². The zero-order valence-corrected chi connectivity index (χ0v) is 18.1. The molecule has 0 unspecified atom stereocenters. The lowest BCUT2D eigenvalue weighted by Crippen LogP contribution is -2.12. The van der Waals surface area contributed by atoms with Crippen LogP contribution in [0, 0.1) is 24.4 Å². The summed E-state index contributed by atoms with van der Waals surface area (Å²) in [7, 11) is 0. The molecule has 5 nitrogen and oxygen atoms in total. The molecule has 3 aromatic carbocycles. The summed E-state index contributed by atoms with van der Waals surface area (Å²) < 4.78 is 47.3. The van der Waals surface area contributed by atoms with Gasteiger partial charge in [0.2, 0.25) is 5.91 Å². The number of carbonyl (C=O) groups excluding carboxylic acids is 2. The number of hydrogen-bond acceptors (Lipinski definition) is 4. The number of ether oxygens (including phenoxy) is 1. The lowest BCUT2D eigenvalue weighted by atomic mass is 10.0. The third-order valence-corrected chi connectivity index (χ3v) is 5.36. The number of halogens is 3. The molecule has 0 aliphatic heterocycles. The van der Waals surface area contributed by atoms with Gasteiger partial charge in [0, 0.05) is 42.1 Å². The van der Waals surface area contributed by atoms with Gasteiger partial charge in [-0.15, -0.1) is 0 Å². The number of hydrogen-bond donors (Lipinski definition) is 1. The largest absolute Gasteiger partial charge is 0.456 e. The minimum atomic E-state index is -0.822. The molecule has 0 bridgehead atoms. The second-order valence-electron chi connectivity index (χ2n) is 7.84. The molecule has 0 atom stereocenters. The average Bonchev–Trinajstić information content (AvgIpc) is 2.77. The van der Waals surface area contributed by atoms with Crippen molar-refractivity contribution in [3.63, 3.8) is 0 Å². The molecule has 1 heterocycles. The van der Waals surface area contributed by atoms with Crippen molar-refractivity contribution in [1.29, 1.82) is 0 Å². The molecule has 4 rings (SSSR count). The van der Waals surface area contributed by atoms with Crippen molar-refractivity contribution in [2.75, 3.05) is 0 Å². The zero-order chi connectivity index (χ0) is 24.4. The van der Waals surface area contributed by atoms with Gasteiger partial charge in [-0.3, -0.25) is 14.6 Å². The molecule has 4 aromatic rings. The van der Waals surface area contributed by atoms with Gasteiger partial charge in [0.05, 0.1) is 5.52 Å². The minimum Gasteiger partial charge on any atom is -0.456 e. The van der Waals surface area contributed by atoms with E-state index in [0.717, 1.165) is 12.1 Å². The first-order valence-corrected chi connectivity index (χ1v) is 10.3. The maximum atomic E-state index is 14.7. The van der Waals surface area contributed by atoms with Crippen molar-refractivity contribution in [2.24, 2.45) is 5.73 Å². The van der Waals surface area contributed by atoms with Crippen LogP contribution in [0.1, 0.15) is 27.0 Å². The molecule has 0 aliphatic carbocycles. The molecular formula is C26H19F3N2O3. The highest BCUT2D eigenvalue weighted by atomic mass is 19.1. The van der Waals surface area contributed by atoms with E-state index in [0.29, 0.717) is 33.8 Å². The highest BCUT2D eigenvalue weighted by Crippen LogP contribution is 2.31. The van der Waals surface area contributed by atoms with Gasteiger partial charge in [0.25, 0.3) is 0 Å². The monoisotopic (exact) mass is 464 g/mol. The van der Waals surface area contributed by atoms with Crippen molar-refractivity contribution in [3.8, 4) is 11.5 Å². The number of primary amides is 1. The SMILES string of the molecule is Cc1cc2nccc(Oc3ccc(CC(=O)Cc4ccc(F)cc4F)c(F)c3)c2cc1C(N)=O. The number of ketones is 1. The standard InChI is InChI=1S/C26H19F3N2O3/c1-14-8-24-21(13-20(14)26(30)33)25(6-7-31-24)34-19-5-3-16(23(29)12-19)10-18(32)9-15-2-4-17(27)11-22(15)28/h2-8,11-13H,9-10H2,1H3,(H2,30,33). The van der Waals surface area contributed by atoms with E-state index in [1.807, 2.05) is 0 Å². The molecule has 0 aliphatic rings. The number of aryl methyl sites for hydroxylation is 1. The van der Waals surface area contributed by atoms with Crippen molar-refractivity contribution in [1.82, 2.24) is 4.98 Å². The molecule has 0 spiro atoms. The summed E-state index contributed by atoms with van der Waals surface area (Å²) in [5.41, 5.74) is 7.17. The number of rotatable bonds is 7. The number of amides is 1. The Balaban J connectivity index is 1.53. The van der Waals surface area contributed by atoms with Crippen LogP contribution in [0.25, 0.3) is 10.9 Å². The van der Waals surface area contributed by atoms with Gasteiger partial charge in [-0.1, -0.05) is 12.1 Å². The van der Waals surface area contributed by atoms with Gasteiger partial charge >= 0.3 is 0 Å². The first-order valence-electron chi connectivity index (χ1n) is 10.3. The normalized spacial score (nSPS) is 10.9. The fourth-order valence-electron chi connectivity index (χ4n) is 3.64. The number of benzene rings is 3. The second kappa shape index (κ2) is 9.35. The van der Waals surface area contributed by atoms with E-state index in [1.54, 1.807) is 25.1 Å². The van der Waals surface area contributed by atoms with Gasteiger partial charge in [0.15, 0.2) is 0 Å². The first-order chi connectivity index (χ1) is 16.2. The fourth-order valence-corrected chi connectivity index (χ4v) is 3.64. The maximum absolute atomic E-state index is 14.7. The zero-order valence-electron chi connectivity index (χ0n) is 18.1. The number of fused-ring (bicyclic) bond motifs is 1. The van der Waals surface area contributed by atoms with E-state index in [2.05, 4.69) is 4.98 Å². The third kappa shape index (κ3) is 4.91. The molecule has 0 fully saturated rings. The highest BCUT2D eigenvalue weighted by molar-refractivity contribution is 6.00. The Morgan fingerprint density at radius 2 is 1.59 bits per heavy atom. The summed E-state index contributed by atoms with van der Waals surface area (Å²) in [5.74, 6) is -2.72. The van der Waals surface area contributed by atoms with Gasteiger partial charge < -0.3 is 10.5 Å². The first kappa shape index (κ1) is 23.0. The van der Waals surface area contributed by atoms with Crippen LogP contribution in [-0.4, -0.2) is 16.7 Å². The number of carbonyl (C=O) groups is 2. The molecule has 8 heteroatoms. The van der Waals surface area contributed by atoms with Crippen molar-refractivity contribution in [3.05, 3.63) is 100 Å². The Morgan fingerprint density at radius 1 is 0.912 bits per heavy atom. The maximum Gasteiger partial charge on any atom is 0.248 e. The van der Waals surface area contributed by atoms with E-state index in [-0.39, 0.29) is 29.7 Å². The summed E-state index contributed by atoms with van der Waals surface area (Å²) >= 11 is 0. The predicted molar refractivity (Wildman–Crippen MR) is 120 cm³/mol. The van der Waals surface area contributed by atoms with Crippen LogP contribution in [0.2, 0.25) is 0 Å². The Morgan fingerprint density at radius 3 is 2.24 bits per heavy atom. The van der Waals surface area contributed by atoms with Crippen LogP contribution < -0.4 is 10.5 Å². The lowest BCUT2D eigenvalue weighted by Gasteiger charge is -2.12. The quantitative estimate of drug-likeness (QED) is 0.407. The van der Waals surface area contributed by atoms with Crippen LogP contribution in [0.4, 0.5) is 13.2 Å². The Bertz CT molecular complexity index is 1440. The molecule has 2 N–H and O–H groups in total. The second-order valence-corrected chi connectivity index (χ2v) is 7.84. The number of Topliss-reactive ketones (excluding diaryl/α,β-unsaturated/α-hetero) is 1. The fraction of sp³-hybridized carbons (Fsp3) is 0.115. The minimum absolute atomic E-state index is 0.0434. The Kier molecular flexibility index (Phi) is 6.32. The number of pyridine rings is 1. The van der Waals surface area contributed by atoms with Crippen molar-refractivity contribution in [2.45, 2.75) is 19.8 Å². The van der Waals surface area contributed by atoms with E-state index >= 15 is 0 Å². The van der Waals surface area contributed by atoms with Crippen molar-refractivity contribution >= 4 is 22.6 Å². The number of nitrogens with two attached hydrogens (primary N) is 1. The predicted octanol–water partition coefficient (Wildman–Crippen LogP) is 5.21. The summed E-state index contributed by atoms with van der Waals surface area (Å²) in [6.07, 6.45) is 0.982. The highest BCUT2D eigenvalue weighted by Gasteiger charge is 2.15. The summed E-state index contributed by atoms with van der Waals surface area (Å²) in [6, 6.07) is 11.9. The van der Waals surface area contributed by atoms with E-state index < -0.39 is 29.1 Å². The summed E-state index contributed by atoms with van der Waals surface area (Å²) in [4.78, 5) is 28.3. The molecule has 0 saturated heterocycles. The Labute approximate surface area is 193 Å². The van der Waals surface area contributed by atoms with Crippen LogP contribution in [0.5, 0.6) is 11.5 Å². The van der Waals surface area contributed by atoms with Crippen LogP contribution in [-0.2, 0) is 17.6 Å². The molecule has 1 amide bonds. The van der Waals surface area contributed by atoms with E-state index in [9.17, 15) is 22.8 Å². The Hall–Kier alpha value is -4.20. The third-order valence-electron chi connectivity index (χ3n) is 5.36. The molecule has 34 heavy (non-hydrogen) atoms. The van der Waals surface area contributed by atoms with E-state index in [4.69, 9.17) is 10.5 Å². The van der Waals surface area contributed by atoms with Gasteiger partial charge in [-0.25, -0.2) is 13.2 Å². The van der Waals surface area contributed by atoms with Crippen LogP contribution in [0.15, 0.2) is 60.8 Å². The lowest BCUT2D eigenvalue weighted by molar-refractivity contribution is -0.117. The molecule has 0 saturated carbocycles. The summed E-state index contributed by atoms with van der Waals surface area (Å²) in [5, 5.41) is 0.530. The summed E-state index contributed by atoms with van der Waals surface area (Å²) in [6.45, 7) is 1.74. The van der Waals surface area contributed by atoms with Crippen LogP contribution in [0.3, 0.4) is 0 Å². The van der Waals surface area contributed by atoms with Crippen LogP contribution >= 0.6 is 0 Å². The van der Waals surface area contributed by atoms with Gasteiger partial charge in [-0.2, -0.15) is 0 Å². The van der Waals surface area contributed by atoms with Crippen molar-refractivity contribution < 1.29 is 27.5 Å². The average molecular weight is 464 g/mol. The molecular weight excluding hydrogens is 445 g/mol. The number of nitrogens with zero attached hydrogens (tertiary/aromatic N) is 1. The molecule has 172 valence electrons. The van der Waals surface area contributed by atoms with Gasteiger partial charge in [0.1, 0.15) is 34.7 Å². The molecule has 1 aromatic heterocycles. The number of aromatic nitrogens is 1.